The Balaban J connectivity index is 2.49. The maximum Gasteiger partial charge on any atom is 0.299 e. The first-order chi connectivity index (χ1) is 10.2. The van der Waals surface area contributed by atoms with Gasteiger partial charge in [0.15, 0.2) is 17.3 Å². The van der Waals surface area contributed by atoms with Gasteiger partial charge in [0.2, 0.25) is 0 Å². The SMILES string of the molecule is Nc1cc2c(c(S(=O)(=O)O)c1O)C(=O)c1ccccc1C2=O. The Morgan fingerprint density at radius 3 is 2.05 bits per heavy atom. The van der Waals surface area contributed by atoms with Gasteiger partial charge in [-0.15, -0.1) is 0 Å². The Kier molecular flexibility index (Phi) is 2.84. The van der Waals surface area contributed by atoms with Crippen LogP contribution in [0.1, 0.15) is 31.8 Å². The molecule has 0 saturated heterocycles. The van der Waals surface area contributed by atoms with Crippen molar-refractivity contribution in [3.63, 3.8) is 0 Å². The largest absolute Gasteiger partial charge is 0.504 e. The number of carbonyl (C=O) groups excluding carboxylic acids is 2. The molecule has 0 aromatic heterocycles. The van der Waals surface area contributed by atoms with E-state index in [0.717, 1.165) is 6.07 Å². The highest BCUT2D eigenvalue weighted by Crippen LogP contribution is 2.39. The summed E-state index contributed by atoms with van der Waals surface area (Å²) in [5.74, 6) is -2.35. The van der Waals surface area contributed by atoms with Crippen LogP contribution in [-0.4, -0.2) is 29.6 Å². The number of nitrogen functional groups attached to an aromatic ring is 1. The molecule has 7 nitrogen and oxygen atoms in total. The van der Waals surface area contributed by atoms with Crippen LogP contribution >= 0.6 is 0 Å². The molecule has 0 unspecified atom stereocenters. The molecule has 4 N–H and O–H groups in total. The summed E-state index contributed by atoms with van der Waals surface area (Å²) >= 11 is 0. The highest BCUT2D eigenvalue weighted by molar-refractivity contribution is 7.86. The van der Waals surface area contributed by atoms with E-state index < -0.39 is 43.6 Å². The zero-order valence-corrected chi connectivity index (χ0v) is 11.7. The Bertz CT molecular complexity index is 962. The van der Waals surface area contributed by atoms with E-state index in [-0.39, 0.29) is 16.7 Å². The Labute approximate surface area is 124 Å². The molecular formula is C14H9NO6S. The number of ketones is 2. The lowest BCUT2D eigenvalue weighted by Gasteiger charge is -2.20. The van der Waals surface area contributed by atoms with Gasteiger partial charge in [-0.2, -0.15) is 8.42 Å². The third-order valence-electron chi connectivity index (χ3n) is 3.43. The lowest BCUT2D eigenvalue weighted by atomic mass is 9.83. The number of nitrogens with two attached hydrogens (primary N) is 1. The van der Waals surface area contributed by atoms with E-state index in [0.29, 0.717) is 0 Å². The maximum absolute atomic E-state index is 12.5. The molecule has 0 amide bonds. The van der Waals surface area contributed by atoms with Crippen LogP contribution in [0.2, 0.25) is 0 Å². The monoisotopic (exact) mass is 319 g/mol. The van der Waals surface area contributed by atoms with E-state index in [4.69, 9.17) is 5.73 Å². The summed E-state index contributed by atoms with van der Waals surface area (Å²) in [5.41, 5.74) is 4.31. The number of aromatic hydroxyl groups is 1. The fourth-order valence-electron chi connectivity index (χ4n) is 2.48. The van der Waals surface area contributed by atoms with Crippen molar-refractivity contribution < 1.29 is 27.7 Å². The van der Waals surface area contributed by atoms with Crippen molar-refractivity contribution in [1.82, 2.24) is 0 Å². The number of fused-ring (bicyclic) bond motifs is 2. The lowest BCUT2D eigenvalue weighted by molar-refractivity contribution is 0.0976. The van der Waals surface area contributed by atoms with Gasteiger partial charge in [0.05, 0.1) is 11.3 Å². The van der Waals surface area contributed by atoms with E-state index in [1.165, 1.54) is 18.2 Å². The first-order valence-electron chi connectivity index (χ1n) is 6.05. The van der Waals surface area contributed by atoms with Gasteiger partial charge >= 0.3 is 0 Å². The van der Waals surface area contributed by atoms with Crippen molar-refractivity contribution in [3.8, 4) is 5.75 Å². The molecule has 0 bridgehead atoms. The van der Waals surface area contributed by atoms with E-state index in [1.807, 2.05) is 0 Å². The average molecular weight is 319 g/mol. The predicted octanol–water partition coefficient (Wildman–Crippen LogP) is 0.997. The van der Waals surface area contributed by atoms with Crippen LogP contribution in [-0.2, 0) is 10.1 Å². The molecule has 2 aromatic carbocycles. The molecule has 3 rings (SSSR count). The first-order valence-corrected chi connectivity index (χ1v) is 7.49. The predicted molar refractivity (Wildman–Crippen MR) is 75.6 cm³/mol. The molecule has 0 aliphatic heterocycles. The summed E-state index contributed by atoms with van der Waals surface area (Å²) in [6.45, 7) is 0. The Morgan fingerprint density at radius 1 is 0.955 bits per heavy atom. The van der Waals surface area contributed by atoms with Crippen molar-refractivity contribution >= 4 is 27.4 Å². The number of hydrogen-bond donors (Lipinski definition) is 3. The lowest BCUT2D eigenvalue weighted by Crippen LogP contribution is -2.24. The Morgan fingerprint density at radius 2 is 1.50 bits per heavy atom. The second-order valence-corrected chi connectivity index (χ2v) is 6.10. The second-order valence-electron chi connectivity index (χ2n) is 4.74. The quantitative estimate of drug-likeness (QED) is 0.346. The number of carbonyl (C=O) groups is 2. The van der Waals surface area contributed by atoms with Gasteiger partial charge < -0.3 is 10.8 Å². The molecule has 112 valence electrons. The molecule has 1 aliphatic carbocycles. The zero-order chi connectivity index (χ0) is 16.2. The van der Waals surface area contributed by atoms with Crippen LogP contribution in [0.3, 0.4) is 0 Å². The molecule has 0 radical (unpaired) electrons. The first kappa shape index (κ1) is 14.2. The van der Waals surface area contributed by atoms with Gasteiger partial charge in [0.1, 0.15) is 4.90 Å². The smallest absolute Gasteiger partial charge is 0.299 e. The van der Waals surface area contributed by atoms with E-state index in [9.17, 15) is 27.7 Å². The van der Waals surface area contributed by atoms with Gasteiger partial charge in [-0.3, -0.25) is 14.1 Å². The topological polar surface area (TPSA) is 135 Å². The van der Waals surface area contributed by atoms with Crippen molar-refractivity contribution in [2.75, 3.05) is 5.73 Å². The minimum Gasteiger partial charge on any atom is -0.504 e. The molecule has 0 spiro atoms. The van der Waals surface area contributed by atoms with Crippen molar-refractivity contribution in [3.05, 3.63) is 52.6 Å². The summed E-state index contributed by atoms with van der Waals surface area (Å²) in [5, 5.41) is 9.81. The normalized spacial score (nSPS) is 13.7. The number of anilines is 1. The molecule has 0 fully saturated rings. The number of benzene rings is 2. The molecule has 1 aliphatic rings. The maximum atomic E-state index is 12.5. The summed E-state index contributed by atoms with van der Waals surface area (Å²) in [4.78, 5) is 23.9. The fraction of sp³-hybridized carbons (Fsp3) is 0. The van der Waals surface area contributed by atoms with E-state index >= 15 is 0 Å². The van der Waals surface area contributed by atoms with Crippen LogP contribution in [0.5, 0.6) is 5.75 Å². The minimum absolute atomic E-state index is 0.00549. The molecule has 0 atom stereocenters. The standard InChI is InChI=1S/C14H9NO6S/c15-9-5-8-10(14(13(9)18)22(19,20)21)12(17)7-4-2-1-3-6(7)11(8)16/h1-5,18H,15H2,(H,19,20,21). The Hall–Kier alpha value is -2.71. The minimum atomic E-state index is -4.96. The third-order valence-corrected chi connectivity index (χ3v) is 4.34. The summed E-state index contributed by atoms with van der Waals surface area (Å²) < 4.78 is 32.3. The molecule has 0 saturated carbocycles. The fourth-order valence-corrected chi connectivity index (χ4v) is 3.31. The van der Waals surface area contributed by atoms with E-state index in [1.54, 1.807) is 6.07 Å². The number of hydrogen-bond acceptors (Lipinski definition) is 6. The molecule has 8 heteroatoms. The molecule has 0 heterocycles. The third kappa shape index (κ3) is 1.81. The highest BCUT2D eigenvalue weighted by Gasteiger charge is 2.37. The summed E-state index contributed by atoms with van der Waals surface area (Å²) in [7, 11) is -4.96. The molecule has 22 heavy (non-hydrogen) atoms. The second kappa shape index (κ2) is 4.39. The van der Waals surface area contributed by atoms with Crippen LogP contribution in [0.4, 0.5) is 5.69 Å². The van der Waals surface area contributed by atoms with Gasteiger partial charge in [-0.25, -0.2) is 0 Å². The van der Waals surface area contributed by atoms with Crippen LogP contribution in [0.25, 0.3) is 0 Å². The van der Waals surface area contributed by atoms with Gasteiger partial charge in [0, 0.05) is 16.7 Å². The van der Waals surface area contributed by atoms with Crippen molar-refractivity contribution in [2.45, 2.75) is 4.90 Å². The van der Waals surface area contributed by atoms with Crippen LogP contribution in [0, 0.1) is 0 Å². The number of rotatable bonds is 1. The van der Waals surface area contributed by atoms with Gasteiger partial charge in [-0.05, 0) is 6.07 Å². The highest BCUT2D eigenvalue weighted by atomic mass is 32.2. The van der Waals surface area contributed by atoms with Crippen LogP contribution in [0.15, 0.2) is 35.2 Å². The number of phenols is 1. The number of phenolic OH excluding ortho intramolecular Hbond substituents is 1. The van der Waals surface area contributed by atoms with E-state index in [2.05, 4.69) is 0 Å². The molecule has 2 aromatic rings. The van der Waals surface area contributed by atoms with Crippen LogP contribution < -0.4 is 5.73 Å². The van der Waals surface area contributed by atoms with Gasteiger partial charge in [-0.1, -0.05) is 24.3 Å². The molecular weight excluding hydrogens is 310 g/mol. The average Bonchev–Trinajstić information content (AvgIpc) is 2.45. The summed E-state index contributed by atoms with van der Waals surface area (Å²) in [6, 6.07) is 6.88. The van der Waals surface area contributed by atoms with Crippen molar-refractivity contribution in [1.29, 1.82) is 0 Å². The summed E-state index contributed by atoms with van der Waals surface area (Å²) in [6.07, 6.45) is 0. The van der Waals surface area contributed by atoms with Crippen molar-refractivity contribution in [2.24, 2.45) is 0 Å². The van der Waals surface area contributed by atoms with Gasteiger partial charge in [0.25, 0.3) is 10.1 Å². The zero-order valence-electron chi connectivity index (χ0n) is 10.9.